The Bertz CT molecular complexity index is 1090. The zero-order valence-electron chi connectivity index (χ0n) is 17.4. The van der Waals surface area contributed by atoms with Crippen molar-refractivity contribution < 1.29 is 14.3 Å². The van der Waals surface area contributed by atoms with E-state index >= 15 is 0 Å². The van der Waals surface area contributed by atoms with Crippen molar-refractivity contribution >= 4 is 39.9 Å². The van der Waals surface area contributed by atoms with Crippen molar-refractivity contribution in [1.29, 1.82) is 0 Å². The van der Waals surface area contributed by atoms with Crippen LogP contribution in [0.3, 0.4) is 0 Å². The number of anilines is 2. The van der Waals surface area contributed by atoms with Crippen LogP contribution in [0.1, 0.15) is 29.6 Å². The van der Waals surface area contributed by atoms with Gasteiger partial charge in [0.2, 0.25) is 0 Å². The number of hydrogen-bond donors (Lipinski definition) is 1. The van der Waals surface area contributed by atoms with E-state index in [1.54, 1.807) is 32.5 Å². The van der Waals surface area contributed by atoms with Crippen molar-refractivity contribution in [2.24, 2.45) is 7.05 Å². The molecule has 0 radical (unpaired) electrons. The number of benzene rings is 1. The summed E-state index contributed by atoms with van der Waals surface area (Å²) in [5, 5.41) is 4.63. The van der Waals surface area contributed by atoms with Crippen LogP contribution < -0.4 is 14.8 Å². The van der Waals surface area contributed by atoms with E-state index in [0.29, 0.717) is 33.6 Å². The molecule has 8 heteroatoms. The number of methoxy groups -OCH3 is 2. The van der Waals surface area contributed by atoms with Crippen molar-refractivity contribution in [1.82, 2.24) is 14.5 Å². The van der Waals surface area contributed by atoms with Gasteiger partial charge in [0.25, 0.3) is 5.91 Å². The number of ether oxygens (including phenoxy) is 2. The van der Waals surface area contributed by atoms with Gasteiger partial charge >= 0.3 is 0 Å². The number of likely N-dealkylation sites (tertiary alicyclic amines) is 1. The zero-order valence-corrected chi connectivity index (χ0v) is 18.1. The number of fused-ring (bicyclic) bond motifs is 1. The van der Waals surface area contributed by atoms with E-state index < -0.39 is 0 Å². The summed E-state index contributed by atoms with van der Waals surface area (Å²) in [6.45, 7) is 1.60. The Morgan fingerprint density at radius 1 is 1.13 bits per heavy atom. The van der Waals surface area contributed by atoms with Gasteiger partial charge in [0.05, 0.1) is 36.0 Å². The molecule has 4 rings (SSSR count). The summed E-state index contributed by atoms with van der Waals surface area (Å²) < 4.78 is 12.7. The molecular formula is C22H25ClN4O3. The number of nitrogens with one attached hydrogen (secondary N) is 1. The summed E-state index contributed by atoms with van der Waals surface area (Å²) in [5.74, 6) is 1.76. The molecule has 2 aromatic heterocycles. The van der Waals surface area contributed by atoms with Crippen LogP contribution in [0.2, 0.25) is 5.02 Å². The molecule has 1 N–H and O–H groups in total. The molecule has 30 heavy (non-hydrogen) atoms. The highest BCUT2D eigenvalue weighted by atomic mass is 35.5. The minimum atomic E-state index is 0.0336. The van der Waals surface area contributed by atoms with Gasteiger partial charge in [-0.25, -0.2) is 4.98 Å². The van der Waals surface area contributed by atoms with Gasteiger partial charge in [-0.2, -0.15) is 0 Å². The second-order valence-electron chi connectivity index (χ2n) is 7.37. The third-order valence-electron chi connectivity index (χ3n) is 5.51. The Morgan fingerprint density at radius 3 is 2.57 bits per heavy atom. The number of piperidine rings is 1. The topological polar surface area (TPSA) is 68.6 Å². The van der Waals surface area contributed by atoms with Crippen LogP contribution >= 0.6 is 11.6 Å². The highest BCUT2D eigenvalue weighted by Gasteiger charge is 2.23. The zero-order chi connectivity index (χ0) is 21.3. The Hall–Kier alpha value is -2.93. The quantitative estimate of drug-likeness (QED) is 0.642. The van der Waals surface area contributed by atoms with Gasteiger partial charge in [-0.05, 0) is 25.3 Å². The number of amides is 1. The Morgan fingerprint density at radius 2 is 1.87 bits per heavy atom. The molecule has 0 bridgehead atoms. The monoisotopic (exact) mass is 428 g/mol. The van der Waals surface area contributed by atoms with E-state index in [2.05, 4.69) is 10.3 Å². The van der Waals surface area contributed by atoms with Crippen LogP contribution in [0.15, 0.2) is 30.6 Å². The number of pyridine rings is 1. The first kappa shape index (κ1) is 20.3. The average molecular weight is 429 g/mol. The van der Waals surface area contributed by atoms with Gasteiger partial charge < -0.3 is 24.3 Å². The molecule has 0 aliphatic carbocycles. The number of carbonyl (C=O) groups excluding carboxylic acids is 1. The van der Waals surface area contributed by atoms with Gasteiger partial charge in [0.15, 0.2) is 0 Å². The normalized spacial score (nSPS) is 14.1. The van der Waals surface area contributed by atoms with Gasteiger partial charge in [-0.1, -0.05) is 11.6 Å². The molecule has 1 aliphatic rings. The van der Waals surface area contributed by atoms with Gasteiger partial charge in [0, 0.05) is 50.0 Å². The van der Waals surface area contributed by atoms with Gasteiger partial charge in [-0.15, -0.1) is 0 Å². The molecule has 1 saturated heterocycles. The average Bonchev–Trinajstić information content (AvgIpc) is 3.17. The fraction of sp³-hybridized carbons (Fsp3) is 0.364. The summed E-state index contributed by atoms with van der Waals surface area (Å²) >= 11 is 6.22. The van der Waals surface area contributed by atoms with Crippen molar-refractivity contribution in [2.45, 2.75) is 19.3 Å². The van der Waals surface area contributed by atoms with Gasteiger partial charge in [-0.3, -0.25) is 4.79 Å². The molecule has 0 spiro atoms. The first-order valence-corrected chi connectivity index (χ1v) is 10.3. The molecule has 3 heterocycles. The minimum absolute atomic E-state index is 0.0336. The van der Waals surface area contributed by atoms with E-state index in [1.165, 1.54) is 6.42 Å². The Labute approximate surface area is 180 Å². The van der Waals surface area contributed by atoms with Crippen LogP contribution in [0, 0.1) is 0 Å². The Kier molecular flexibility index (Phi) is 5.72. The summed E-state index contributed by atoms with van der Waals surface area (Å²) in [5.41, 5.74) is 2.14. The van der Waals surface area contributed by atoms with Crippen molar-refractivity contribution in [3.05, 3.63) is 41.2 Å². The molecule has 1 amide bonds. The highest BCUT2D eigenvalue weighted by molar-refractivity contribution is 6.32. The molecule has 0 unspecified atom stereocenters. The number of nitrogens with zero attached hydrogens (tertiary/aromatic N) is 3. The third-order valence-corrected chi connectivity index (χ3v) is 5.80. The fourth-order valence-corrected chi connectivity index (χ4v) is 4.16. The number of halogens is 1. The number of aromatic nitrogens is 2. The lowest BCUT2D eigenvalue weighted by Crippen LogP contribution is -2.35. The molecule has 1 aliphatic heterocycles. The van der Waals surface area contributed by atoms with Crippen LogP contribution in [0.5, 0.6) is 11.5 Å². The maximum atomic E-state index is 13.2. The number of aryl methyl sites for hydroxylation is 1. The van der Waals surface area contributed by atoms with Gasteiger partial charge in [0.1, 0.15) is 17.3 Å². The minimum Gasteiger partial charge on any atom is -0.495 e. The first-order chi connectivity index (χ1) is 14.5. The number of carbonyl (C=O) groups is 1. The van der Waals surface area contributed by atoms with E-state index in [-0.39, 0.29) is 5.91 Å². The summed E-state index contributed by atoms with van der Waals surface area (Å²) in [4.78, 5) is 19.7. The lowest BCUT2D eigenvalue weighted by Gasteiger charge is -2.27. The van der Waals surface area contributed by atoms with E-state index in [4.69, 9.17) is 21.1 Å². The summed E-state index contributed by atoms with van der Waals surface area (Å²) in [7, 11) is 5.08. The second-order valence-corrected chi connectivity index (χ2v) is 7.78. The largest absolute Gasteiger partial charge is 0.495 e. The molecule has 1 fully saturated rings. The SMILES string of the molecule is COc1cc(Nc2ncc(C(=O)N3CCCCC3)c3c2ccn3C)c(OC)cc1Cl. The van der Waals surface area contributed by atoms with Crippen molar-refractivity contribution in [3.8, 4) is 11.5 Å². The number of hydrogen-bond acceptors (Lipinski definition) is 5. The summed E-state index contributed by atoms with van der Waals surface area (Å²) in [6, 6.07) is 5.42. The van der Waals surface area contributed by atoms with Crippen molar-refractivity contribution in [2.75, 3.05) is 32.6 Å². The molecule has 7 nitrogen and oxygen atoms in total. The van der Waals surface area contributed by atoms with E-state index in [1.807, 2.05) is 28.8 Å². The van der Waals surface area contributed by atoms with Crippen LogP contribution in [0.4, 0.5) is 11.5 Å². The van der Waals surface area contributed by atoms with Crippen LogP contribution in [-0.2, 0) is 7.05 Å². The Balaban J connectivity index is 1.75. The first-order valence-electron chi connectivity index (χ1n) is 9.95. The molecule has 0 atom stereocenters. The van der Waals surface area contributed by atoms with Crippen molar-refractivity contribution in [3.63, 3.8) is 0 Å². The maximum absolute atomic E-state index is 13.2. The second kappa shape index (κ2) is 8.44. The van der Waals surface area contributed by atoms with Crippen LogP contribution in [0.25, 0.3) is 10.9 Å². The highest BCUT2D eigenvalue weighted by Crippen LogP contribution is 2.38. The van der Waals surface area contributed by atoms with E-state index in [0.717, 1.165) is 36.8 Å². The molecule has 1 aromatic carbocycles. The fourth-order valence-electron chi connectivity index (χ4n) is 3.92. The standard InChI is InChI=1S/C22H25ClN4O3/c1-26-10-7-14-20(26)15(22(28)27-8-5-4-6-9-27)13-24-21(14)25-17-12-18(29-2)16(23)11-19(17)30-3/h7,10-13H,4-6,8-9H2,1-3H3,(H,24,25). The smallest absolute Gasteiger partial charge is 0.257 e. The number of rotatable bonds is 5. The molecule has 3 aromatic rings. The van der Waals surface area contributed by atoms with E-state index in [9.17, 15) is 4.79 Å². The predicted octanol–water partition coefficient (Wildman–Crippen LogP) is 4.61. The maximum Gasteiger partial charge on any atom is 0.257 e. The lowest BCUT2D eigenvalue weighted by atomic mass is 10.1. The summed E-state index contributed by atoms with van der Waals surface area (Å²) in [6.07, 6.45) is 6.86. The predicted molar refractivity (Wildman–Crippen MR) is 118 cm³/mol. The lowest BCUT2D eigenvalue weighted by molar-refractivity contribution is 0.0725. The van der Waals surface area contributed by atoms with Crippen LogP contribution in [-0.4, -0.2) is 47.7 Å². The molecule has 158 valence electrons. The molecular weight excluding hydrogens is 404 g/mol. The molecule has 0 saturated carbocycles. The third kappa shape index (κ3) is 3.65.